The molecule has 7 heteroatoms. The van der Waals surface area contributed by atoms with Crippen LogP contribution in [0.1, 0.15) is 19.4 Å². The van der Waals surface area contributed by atoms with Gasteiger partial charge in [0.2, 0.25) is 10.0 Å². The Hall–Kier alpha value is -0.660. The fraction of sp³-hybridized carbons (Fsp3) is 0.538. The zero-order chi connectivity index (χ0) is 14.9. The molecule has 2 rings (SSSR count). The lowest BCUT2D eigenvalue weighted by atomic mass is 10.2. The number of rotatable bonds is 3. The molecule has 112 valence electrons. The zero-order valence-corrected chi connectivity index (χ0v) is 13.1. The van der Waals surface area contributed by atoms with Crippen molar-refractivity contribution in [3.8, 4) is 0 Å². The summed E-state index contributed by atoms with van der Waals surface area (Å²) in [4.78, 5) is 0.114. The number of benzene rings is 1. The van der Waals surface area contributed by atoms with E-state index in [9.17, 15) is 8.42 Å². The second-order valence-corrected chi connectivity index (χ2v) is 7.36. The third-order valence-electron chi connectivity index (χ3n) is 3.24. The molecule has 1 saturated heterocycles. The van der Waals surface area contributed by atoms with E-state index in [1.54, 1.807) is 18.2 Å². The van der Waals surface area contributed by atoms with Crippen LogP contribution >= 0.6 is 11.6 Å². The number of nitrogens with two attached hydrogens (primary N) is 1. The van der Waals surface area contributed by atoms with Crippen LogP contribution < -0.4 is 5.73 Å². The third-order valence-corrected chi connectivity index (χ3v) is 5.55. The lowest BCUT2D eigenvalue weighted by Crippen LogP contribution is -2.48. The van der Waals surface area contributed by atoms with Crippen molar-refractivity contribution in [1.29, 1.82) is 0 Å². The Morgan fingerprint density at radius 1 is 1.35 bits per heavy atom. The topological polar surface area (TPSA) is 72.6 Å². The average molecular weight is 319 g/mol. The molecule has 1 aromatic rings. The highest BCUT2D eigenvalue weighted by molar-refractivity contribution is 7.89. The Morgan fingerprint density at radius 2 is 1.95 bits per heavy atom. The van der Waals surface area contributed by atoms with E-state index in [0.717, 1.165) is 5.56 Å². The van der Waals surface area contributed by atoms with Gasteiger partial charge in [-0.3, -0.25) is 0 Å². The van der Waals surface area contributed by atoms with E-state index < -0.39 is 10.0 Å². The van der Waals surface area contributed by atoms with Crippen molar-refractivity contribution in [3.63, 3.8) is 0 Å². The number of nitrogens with zero attached hydrogens (tertiary/aromatic N) is 1. The van der Waals surface area contributed by atoms with Gasteiger partial charge >= 0.3 is 0 Å². The van der Waals surface area contributed by atoms with Gasteiger partial charge < -0.3 is 10.5 Å². The molecule has 0 aromatic heterocycles. The first kappa shape index (κ1) is 15.7. The molecule has 2 unspecified atom stereocenters. The van der Waals surface area contributed by atoms with E-state index in [2.05, 4.69) is 0 Å². The highest BCUT2D eigenvalue weighted by Gasteiger charge is 2.33. The van der Waals surface area contributed by atoms with Crippen LogP contribution in [0, 0.1) is 0 Å². The number of sulfonamides is 1. The van der Waals surface area contributed by atoms with Gasteiger partial charge in [-0.05, 0) is 31.5 Å². The normalized spacial score (nSPS) is 24.8. The molecule has 0 radical (unpaired) electrons. The molecule has 1 fully saturated rings. The summed E-state index contributed by atoms with van der Waals surface area (Å²) in [6.45, 7) is 4.65. The lowest BCUT2D eigenvalue weighted by Gasteiger charge is -2.34. The van der Waals surface area contributed by atoms with Crippen molar-refractivity contribution in [2.24, 2.45) is 5.73 Å². The van der Waals surface area contributed by atoms with Gasteiger partial charge in [0.1, 0.15) is 4.90 Å². The summed E-state index contributed by atoms with van der Waals surface area (Å²) in [5, 5.41) is 0.217. The SMILES string of the molecule is CC1CN(S(=O)(=O)c2cc(CN)ccc2Cl)CC(C)O1. The number of hydrogen-bond donors (Lipinski definition) is 1. The van der Waals surface area contributed by atoms with Crippen molar-refractivity contribution in [2.45, 2.75) is 37.5 Å². The molecule has 5 nitrogen and oxygen atoms in total. The Labute approximate surface area is 124 Å². The molecule has 1 aliphatic heterocycles. The molecule has 0 saturated carbocycles. The van der Waals surface area contributed by atoms with Gasteiger partial charge in [-0.2, -0.15) is 4.31 Å². The van der Waals surface area contributed by atoms with Crippen LogP contribution in [-0.4, -0.2) is 38.0 Å². The predicted octanol–water partition coefficient (Wildman–Crippen LogP) is 1.60. The van der Waals surface area contributed by atoms with E-state index >= 15 is 0 Å². The van der Waals surface area contributed by atoms with Gasteiger partial charge in [0.25, 0.3) is 0 Å². The van der Waals surface area contributed by atoms with Crippen molar-refractivity contribution < 1.29 is 13.2 Å². The second kappa shape index (κ2) is 5.99. The second-order valence-electron chi connectivity index (χ2n) is 5.05. The number of hydrogen-bond acceptors (Lipinski definition) is 4. The summed E-state index contributed by atoms with van der Waals surface area (Å²) in [7, 11) is -3.63. The molecule has 0 amide bonds. The van der Waals surface area contributed by atoms with E-state index in [1.165, 1.54) is 4.31 Å². The maximum atomic E-state index is 12.7. The summed E-state index contributed by atoms with van der Waals surface area (Å²) in [6, 6.07) is 4.85. The largest absolute Gasteiger partial charge is 0.373 e. The molecule has 2 N–H and O–H groups in total. The summed E-state index contributed by atoms with van der Waals surface area (Å²) in [6.07, 6.45) is -0.269. The first-order valence-electron chi connectivity index (χ1n) is 6.48. The van der Waals surface area contributed by atoms with Crippen LogP contribution in [-0.2, 0) is 21.3 Å². The molecule has 0 spiro atoms. The molecule has 1 aliphatic rings. The number of halogens is 1. The fourth-order valence-electron chi connectivity index (χ4n) is 2.34. The minimum atomic E-state index is -3.63. The average Bonchev–Trinajstić information content (AvgIpc) is 2.38. The van der Waals surface area contributed by atoms with Crippen molar-refractivity contribution in [1.82, 2.24) is 4.31 Å². The van der Waals surface area contributed by atoms with Crippen LogP contribution in [0.5, 0.6) is 0 Å². The lowest BCUT2D eigenvalue weighted by molar-refractivity contribution is -0.0440. The van der Waals surface area contributed by atoms with Crippen LogP contribution in [0.4, 0.5) is 0 Å². The van der Waals surface area contributed by atoms with Gasteiger partial charge in [-0.15, -0.1) is 0 Å². The van der Waals surface area contributed by atoms with E-state index in [0.29, 0.717) is 13.1 Å². The molecule has 0 bridgehead atoms. The summed E-state index contributed by atoms with van der Waals surface area (Å²) < 4.78 is 32.4. The van der Waals surface area contributed by atoms with Gasteiger partial charge in [0, 0.05) is 19.6 Å². The zero-order valence-electron chi connectivity index (χ0n) is 11.5. The molecule has 20 heavy (non-hydrogen) atoms. The van der Waals surface area contributed by atoms with Gasteiger partial charge in [-0.25, -0.2) is 8.42 Å². The summed E-state index contributed by atoms with van der Waals surface area (Å²) >= 11 is 6.05. The summed E-state index contributed by atoms with van der Waals surface area (Å²) in [5.74, 6) is 0. The monoisotopic (exact) mass is 318 g/mol. The minimum Gasteiger partial charge on any atom is -0.373 e. The smallest absolute Gasteiger partial charge is 0.244 e. The molecule has 1 aromatic carbocycles. The number of ether oxygens (including phenoxy) is 1. The van der Waals surface area contributed by atoms with Crippen LogP contribution in [0.3, 0.4) is 0 Å². The molecular weight excluding hydrogens is 300 g/mol. The quantitative estimate of drug-likeness (QED) is 0.918. The third kappa shape index (κ3) is 3.15. The van der Waals surface area contributed by atoms with Gasteiger partial charge in [-0.1, -0.05) is 17.7 Å². The first-order chi connectivity index (χ1) is 9.34. The van der Waals surface area contributed by atoms with E-state index in [-0.39, 0.29) is 28.7 Å². The Kier molecular flexibility index (Phi) is 4.71. The Morgan fingerprint density at radius 3 is 2.50 bits per heavy atom. The van der Waals surface area contributed by atoms with Crippen LogP contribution in [0.15, 0.2) is 23.1 Å². The highest BCUT2D eigenvalue weighted by atomic mass is 35.5. The number of morpholine rings is 1. The van der Waals surface area contributed by atoms with Crippen molar-refractivity contribution in [2.75, 3.05) is 13.1 Å². The summed E-state index contributed by atoms with van der Waals surface area (Å²) in [5.41, 5.74) is 6.30. The standard InChI is InChI=1S/C13H19ClN2O3S/c1-9-7-16(8-10(2)19-9)20(17,18)13-5-11(6-15)3-4-12(13)14/h3-5,9-10H,6-8,15H2,1-2H3. The van der Waals surface area contributed by atoms with Crippen molar-refractivity contribution >= 4 is 21.6 Å². The van der Waals surface area contributed by atoms with Crippen molar-refractivity contribution in [3.05, 3.63) is 28.8 Å². The molecule has 1 heterocycles. The van der Waals surface area contributed by atoms with E-state index in [1.807, 2.05) is 13.8 Å². The minimum absolute atomic E-state index is 0.114. The predicted molar refractivity (Wildman–Crippen MR) is 78.1 cm³/mol. The highest BCUT2D eigenvalue weighted by Crippen LogP contribution is 2.27. The van der Waals surface area contributed by atoms with Gasteiger partial charge in [0.05, 0.1) is 17.2 Å². The van der Waals surface area contributed by atoms with Gasteiger partial charge in [0.15, 0.2) is 0 Å². The molecule has 0 aliphatic carbocycles. The van der Waals surface area contributed by atoms with Crippen LogP contribution in [0.25, 0.3) is 0 Å². The first-order valence-corrected chi connectivity index (χ1v) is 8.30. The maximum absolute atomic E-state index is 12.7. The molecular formula is C13H19ClN2O3S. The van der Waals surface area contributed by atoms with E-state index in [4.69, 9.17) is 22.1 Å². The maximum Gasteiger partial charge on any atom is 0.244 e. The Bertz CT molecular complexity index is 581. The Balaban J connectivity index is 2.39. The van der Waals surface area contributed by atoms with Crippen LogP contribution in [0.2, 0.25) is 5.02 Å². The fourth-order valence-corrected chi connectivity index (χ4v) is 4.45. The molecule has 2 atom stereocenters.